The molecule has 0 aliphatic heterocycles. The maximum absolute atomic E-state index is 10.7. The van der Waals surface area contributed by atoms with Crippen LogP contribution in [-0.4, -0.2) is 25.6 Å². The predicted molar refractivity (Wildman–Crippen MR) is 62.4 cm³/mol. The largest absolute Gasteiger partial charge is 0.323 e. The molecule has 0 aliphatic rings. The molecule has 0 N–H and O–H groups in total. The van der Waals surface area contributed by atoms with Gasteiger partial charge in [-0.25, -0.2) is 4.98 Å². The van der Waals surface area contributed by atoms with Crippen molar-refractivity contribution in [2.45, 2.75) is 13.5 Å². The van der Waals surface area contributed by atoms with E-state index in [1.807, 2.05) is 14.0 Å². The molecule has 2 aromatic heterocycles. The summed E-state index contributed by atoms with van der Waals surface area (Å²) < 4.78 is 4.56. The van der Waals surface area contributed by atoms with Gasteiger partial charge in [0.2, 0.25) is 0 Å². The Morgan fingerprint density at radius 2 is 2.31 bits per heavy atom. The molecular weight excluding hydrogens is 272 g/mol. The van der Waals surface area contributed by atoms with E-state index in [0.29, 0.717) is 12.4 Å². The molecule has 6 heteroatoms. The van der Waals surface area contributed by atoms with Crippen molar-refractivity contribution in [1.29, 1.82) is 0 Å². The van der Waals surface area contributed by atoms with E-state index in [2.05, 4.69) is 26.0 Å². The zero-order valence-corrected chi connectivity index (χ0v) is 10.6. The molecule has 16 heavy (non-hydrogen) atoms. The van der Waals surface area contributed by atoms with Crippen LogP contribution in [0, 0.1) is 6.92 Å². The van der Waals surface area contributed by atoms with E-state index in [1.54, 1.807) is 21.6 Å². The summed E-state index contributed by atoms with van der Waals surface area (Å²) in [6, 6.07) is 0. The minimum absolute atomic E-state index is 0.422. The number of aryl methyl sites for hydroxylation is 2. The van der Waals surface area contributed by atoms with Gasteiger partial charge in [0.25, 0.3) is 0 Å². The molecule has 0 radical (unpaired) electrons. The van der Waals surface area contributed by atoms with Crippen LogP contribution in [-0.2, 0) is 13.6 Å². The Kier molecular flexibility index (Phi) is 2.91. The van der Waals surface area contributed by atoms with Crippen LogP contribution in [0.25, 0.3) is 0 Å². The second kappa shape index (κ2) is 4.21. The van der Waals surface area contributed by atoms with Crippen LogP contribution < -0.4 is 0 Å². The molecular formula is C10H11BrN4O. The average Bonchev–Trinajstić information content (AvgIpc) is 2.79. The Morgan fingerprint density at radius 1 is 1.56 bits per heavy atom. The van der Waals surface area contributed by atoms with Gasteiger partial charge in [-0.15, -0.1) is 0 Å². The highest BCUT2D eigenvalue weighted by Gasteiger charge is 2.12. The Hall–Kier alpha value is -1.43. The van der Waals surface area contributed by atoms with Crippen molar-refractivity contribution >= 4 is 22.2 Å². The van der Waals surface area contributed by atoms with Crippen LogP contribution in [0.3, 0.4) is 0 Å². The van der Waals surface area contributed by atoms with Gasteiger partial charge in [0.05, 0.1) is 22.4 Å². The van der Waals surface area contributed by atoms with Gasteiger partial charge < -0.3 is 4.57 Å². The van der Waals surface area contributed by atoms with Crippen LogP contribution in [0.5, 0.6) is 0 Å². The fourth-order valence-corrected chi connectivity index (χ4v) is 2.05. The van der Waals surface area contributed by atoms with E-state index in [0.717, 1.165) is 22.1 Å². The van der Waals surface area contributed by atoms with Gasteiger partial charge in [-0.3, -0.25) is 9.48 Å². The van der Waals surface area contributed by atoms with Crippen LogP contribution in [0.1, 0.15) is 22.0 Å². The van der Waals surface area contributed by atoms with Crippen LogP contribution in [0.2, 0.25) is 0 Å². The van der Waals surface area contributed by atoms with E-state index < -0.39 is 0 Å². The highest BCUT2D eigenvalue weighted by molar-refractivity contribution is 9.10. The molecule has 0 atom stereocenters. The van der Waals surface area contributed by atoms with Gasteiger partial charge in [0, 0.05) is 19.4 Å². The third kappa shape index (κ3) is 1.80. The van der Waals surface area contributed by atoms with E-state index >= 15 is 0 Å². The van der Waals surface area contributed by atoms with Crippen LogP contribution in [0.15, 0.2) is 16.9 Å². The number of hydrogen-bond acceptors (Lipinski definition) is 3. The number of halogens is 1. The number of hydrogen-bond donors (Lipinski definition) is 0. The third-order valence-corrected chi connectivity index (χ3v) is 3.47. The number of nitrogens with zero attached hydrogens (tertiary/aromatic N) is 4. The Labute approximate surface area is 101 Å². The molecule has 0 spiro atoms. The Bertz CT molecular complexity index is 529. The number of carbonyl (C=O) groups excluding carboxylic acids is 1. The van der Waals surface area contributed by atoms with Gasteiger partial charge in [-0.1, -0.05) is 0 Å². The summed E-state index contributed by atoms with van der Waals surface area (Å²) in [4.78, 5) is 14.7. The lowest BCUT2D eigenvalue weighted by Crippen LogP contribution is -2.08. The van der Waals surface area contributed by atoms with Gasteiger partial charge >= 0.3 is 0 Å². The minimum Gasteiger partial charge on any atom is -0.323 e. The molecule has 0 aliphatic carbocycles. The first-order chi connectivity index (χ1) is 7.63. The maximum atomic E-state index is 10.7. The van der Waals surface area contributed by atoms with Crippen molar-refractivity contribution < 1.29 is 4.79 Å². The molecule has 0 saturated carbocycles. The molecule has 2 heterocycles. The monoisotopic (exact) mass is 282 g/mol. The summed E-state index contributed by atoms with van der Waals surface area (Å²) in [5.41, 5.74) is 1.95. The second-order valence-corrected chi connectivity index (χ2v) is 4.29. The zero-order chi connectivity index (χ0) is 11.7. The SMILES string of the molecule is Cc1nn(C)c(Cn2ccnc2C=O)c1Br. The van der Waals surface area contributed by atoms with Crippen molar-refractivity contribution in [3.05, 3.63) is 34.1 Å². The topological polar surface area (TPSA) is 52.7 Å². The molecule has 0 fully saturated rings. The standard InChI is InChI=1S/C10H11BrN4O/c1-7-10(11)8(14(2)13-7)5-15-4-3-12-9(15)6-16/h3-4,6H,5H2,1-2H3. The zero-order valence-electron chi connectivity index (χ0n) is 9.01. The number of aldehydes is 1. The van der Waals surface area contributed by atoms with E-state index in [1.165, 1.54) is 0 Å². The van der Waals surface area contributed by atoms with Gasteiger partial charge in [-0.2, -0.15) is 5.10 Å². The molecule has 0 amide bonds. The summed E-state index contributed by atoms with van der Waals surface area (Å²) in [6.45, 7) is 2.51. The highest BCUT2D eigenvalue weighted by Crippen LogP contribution is 2.21. The fraction of sp³-hybridized carbons (Fsp3) is 0.300. The summed E-state index contributed by atoms with van der Waals surface area (Å²) in [5.74, 6) is 0.422. The molecule has 0 saturated heterocycles. The van der Waals surface area contributed by atoms with Crippen molar-refractivity contribution in [2.75, 3.05) is 0 Å². The first-order valence-corrected chi connectivity index (χ1v) is 5.57. The molecule has 5 nitrogen and oxygen atoms in total. The first kappa shape index (κ1) is 11.1. The van der Waals surface area contributed by atoms with Crippen molar-refractivity contribution in [3.8, 4) is 0 Å². The average molecular weight is 283 g/mol. The number of imidazole rings is 1. The summed E-state index contributed by atoms with van der Waals surface area (Å²) >= 11 is 3.49. The molecule has 0 bridgehead atoms. The summed E-state index contributed by atoms with van der Waals surface area (Å²) in [7, 11) is 1.88. The quantitative estimate of drug-likeness (QED) is 0.803. The Balaban J connectivity index is 2.37. The van der Waals surface area contributed by atoms with Gasteiger partial charge in [0.15, 0.2) is 12.1 Å². The van der Waals surface area contributed by atoms with E-state index in [4.69, 9.17) is 0 Å². The third-order valence-electron chi connectivity index (χ3n) is 2.43. The lowest BCUT2D eigenvalue weighted by atomic mass is 10.3. The lowest BCUT2D eigenvalue weighted by molar-refractivity contribution is 0.111. The van der Waals surface area contributed by atoms with Crippen molar-refractivity contribution in [1.82, 2.24) is 19.3 Å². The number of rotatable bonds is 3. The highest BCUT2D eigenvalue weighted by atomic mass is 79.9. The van der Waals surface area contributed by atoms with Gasteiger partial charge in [0.1, 0.15) is 0 Å². The first-order valence-electron chi connectivity index (χ1n) is 4.77. The fourth-order valence-electron chi connectivity index (χ4n) is 1.59. The molecule has 84 valence electrons. The number of carbonyl (C=O) groups is 1. The molecule has 2 aromatic rings. The minimum atomic E-state index is 0.422. The summed E-state index contributed by atoms with van der Waals surface area (Å²) in [6.07, 6.45) is 4.14. The maximum Gasteiger partial charge on any atom is 0.185 e. The molecule has 2 rings (SSSR count). The van der Waals surface area contributed by atoms with Gasteiger partial charge in [-0.05, 0) is 22.9 Å². The number of aromatic nitrogens is 4. The molecule has 0 unspecified atom stereocenters. The molecule has 0 aromatic carbocycles. The lowest BCUT2D eigenvalue weighted by Gasteiger charge is -2.05. The second-order valence-electron chi connectivity index (χ2n) is 3.50. The van der Waals surface area contributed by atoms with Crippen molar-refractivity contribution in [2.24, 2.45) is 7.05 Å². The summed E-state index contributed by atoms with van der Waals surface area (Å²) in [5, 5.41) is 4.29. The smallest absolute Gasteiger partial charge is 0.185 e. The predicted octanol–water partition coefficient (Wildman–Crippen LogP) is 1.55. The van der Waals surface area contributed by atoms with Crippen LogP contribution >= 0.6 is 15.9 Å². The van der Waals surface area contributed by atoms with Crippen LogP contribution in [0.4, 0.5) is 0 Å². The normalized spacial score (nSPS) is 10.7. The van der Waals surface area contributed by atoms with E-state index in [9.17, 15) is 4.79 Å². The Morgan fingerprint density at radius 3 is 2.88 bits per heavy atom. The van der Waals surface area contributed by atoms with Crippen molar-refractivity contribution in [3.63, 3.8) is 0 Å². The van der Waals surface area contributed by atoms with E-state index in [-0.39, 0.29) is 0 Å².